The Morgan fingerprint density at radius 2 is 2.15 bits per heavy atom. The summed E-state index contributed by atoms with van der Waals surface area (Å²) < 4.78 is 1.66. The Kier molecular flexibility index (Phi) is 3.94. The molecule has 0 fully saturated rings. The summed E-state index contributed by atoms with van der Waals surface area (Å²) in [7, 11) is 0. The van der Waals surface area contributed by atoms with Gasteiger partial charge in [0.25, 0.3) is 0 Å². The Labute approximate surface area is 126 Å². The van der Waals surface area contributed by atoms with Crippen molar-refractivity contribution in [3.05, 3.63) is 37.7 Å². The summed E-state index contributed by atoms with van der Waals surface area (Å²) in [5.74, 6) is 0.737. The zero-order valence-corrected chi connectivity index (χ0v) is 13.3. The number of nitrogens with zero attached hydrogens (tertiary/aromatic N) is 3. The molecule has 0 aromatic carbocycles. The van der Waals surface area contributed by atoms with Crippen LogP contribution >= 0.6 is 23.1 Å². The maximum absolute atomic E-state index is 12.1. The average Bonchev–Trinajstić information content (AvgIpc) is 2.85. The van der Waals surface area contributed by atoms with E-state index < -0.39 is 0 Å². The standard InChI is InChI=1S/C14H17N3OS2/c1-9-15-13(19-2)16-14(18)17(9)8-11-7-10-5-3-4-6-12(10)20-11/h7H,3-6,8H2,1-2H3. The SMILES string of the molecule is CSc1nc(C)n(Cc2cc3c(s2)CCCC3)c(=O)n1. The van der Waals surface area contributed by atoms with Gasteiger partial charge in [0.15, 0.2) is 5.16 Å². The fraction of sp³-hybridized carbons (Fsp3) is 0.500. The van der Waals surface area contributed by atoms with Crippen LogP contribution in [0.25, 0.3) is 0 Å². The molecule has 20 heavy (non-hydrogen) atoms. The molecule has 0 saturated heterocycles. The van der Waals surface area contributed by atoms with Gasteiger partial charge < -0.3 is 0 Å². The summed E-state index contributed by atoms with van der Waals surface area (Å²) in [6.45, 7) is 2.47. The summed E-state index contributed by atoms with van der Waals surface area (Å²) >= 11 is 3.24. The third-order valence-electron chi connectivity index (χ3n) is 3.61. The van der Waals surface area contributed by atoms with Crippen LogP contribution in [0.4, 0.5) is 0 Å². The van der Waals surface area contributed by atoms with Gasteiger partial charge in [-0.1, -0.05) is 11.8 Å². The van der Waals surface area contributed by atoms with Gasteiger partial charge in [-0.25, -0.2) is 9.78 Å². The summed E-state index contributed by atoms with van der Waals surface area (Å²) in [6.07, 6.45) is 6.83. The minimum atomic E-state index is -0.201. The zero-order chi connectivity index (χ0) is 14.1. The van der Waals surface area contributed by atoms with Gasteiger partial charge in [-0.3, -0.25) is 4.57 Å². The Balaban J connectivity index is 1.91. The Morgan fingerprint density at radius 1 is 1.35 bits per heavy atom. The van der Waals surface area contributed by atoms with Gasteiger partial charge in [0.1, 0.15) is 5.82 Å². The molecule has 0 spiro atoms. The highest BCUT2D eigenvalue weighted by atomic mass is 32.2. The fourth-order valence-corrected chi connectivity index (χ4v) is 4.21. The van der Waals surface area contributed by atoms with E-state index in [1.807, 2.05) is 24.5 Å². The van der Waals surface area contributed by atoms with Crippen LogP contribution in [0, 0.1) is 6.92 Å². The zero-order valence-electron chi connectivity index (χ0n) is 11.7. The maximum Gasteiger partial charge on any atom is 0.351 e. The Morgan fingerprint density at radius 3 is 2.85 bits per heavy atom. The predicted octanol–water partition coefficient (Wildman–Crippen LogP) is 2.66. The van der Waals surface area contributed by atoms with Crippen molar-refractivity contribution in [1.29, 1.82) is 0 Å². The molecule has 3 rings (SSSR count). The molecule has 0 aliphatic heterocycles. The maximum atomic E-state index is 12.1. The van der Waals surface area contributed by atoms with Crippen molar-refractivity contribution in [2.24, 2.45) is 0 Å². The average molecular weight is 307 g/mol. The van der Waals surface area contributed by atoms with Gasteiger partial charge in [0.05, 0.1) is 6.54 Å². The molecular formula is C14H17N3OS2. The smallest absolute Gasteiger partial charge is 0.275 e. The minimum absolute atomic E-state index is 0.201. The molecule has 6 heteroatoms. The number of thioether (sulfide) groups is 1. The molecule has 2 aromatic heterocycles. The molecule has 2 heterocycles. The number of aromatic nitrogens is 3. The van der Waals surface area contributed by atoms with E-state index in [0.29, 0.717) is 11.7 Å². The lowest BCUT2D eigenvalue weighted by molar-refractivity contribution is 0.639. The van der Waals surface area contributed by atoms with Gasteiger partial charge in [-0.05, 0) is 50.5 Å². The van der Waals surface area contributed by atoms with Gasteiger partial charge in [-0.2, -0.15) is 4.98 Å². The molecular weight excluding hydrogens is 290 g/mol. The van der Waals surface area contributed by atoms with Crippen molar-refractivity contribution in [1.82, 2.24) is 14.5 Å². The first-order valence-electron chi connectivity index (χ1n) is 6.77. The molecule has 1 aliphatic rings. The summed E-state index contributed by atoms with van der Waals surface area (Å²) in [5, 5.41) is 0.550. The van der Waals surface area contributed by atoms with E-state index in [1.165, 1.54) is 52.8 Å². The number of hydrogen-bond donors (Lipinski definition) is 0. The van der Waals surface area contributed by atoms with Crippen molar-refractivity contribution in [2.75, 3.05) is 6.26 Å². The lowest BCUT2D eigenvalue weighted by Gasteiger charge is -2.08. The van der Waals surface area contributed by atoms with E-state index in [1.54, 1.807) is 4.57 Å². The van der Waals surface area contributed by atoms with Crippen LogP contribution in [0.1, 0.15) is 34.0 Å². The number of rotatable bonds is 3. The second kappa shape index (κ2) is 5.69. The van der Waals surface area contributed by atoms with E-state index >= 15 is 0 Å². The van der Waals surface area contributed by atoms with Gasteiger partial charge in [0.2, 0.25) is 0 Å². The molecule has 106 valence electrons. The molecule has 4 nitrogen and oxygen atoms in total. The highest BCUT2D eigenvalue weighted by Gasteiger charge is 2.15. The molecule has 0 amide bonds. The third-order valence-corrected chi connectivity index (χ3v) is 5.38. The number of fused-ring (bicyclic) bond motifs is 1. The van der Waals surface area contributed by atoms with Crippen molar-refractivity contribution in [2.45, 2.75) is 44.3 Å². The largest absolute Gasteiger partial charge is 0.351 e. The summed E-state index contributed by atoms with van der Waals surface area (Å²) in [4.78, 5) is 23.2. The first-order chi connectivity index (χ1) is 9.67. The first-order valence-corrected chi connectivity index (χ1v) is 8.81. The molecule has 0 atom stereocenters. The number of hydrogen-bond acceptors (Lipinski definition) is 5. The highest BCUT2D eigenvalue weighted by molar-refractivity contribution is 7.98. The third kappa shape index (κ3) is 2.67. The van der Waals surface area contributed by atoms with Crippen molar-refractivity contribution < 1.29 is 0 Å². The lowest BCUT2D eigenvalue weighted by atomic mass is 9.99. The van der Waals surface area contributed by atoms with Crippen LogP contribution in [0.5, 0.6) is 0 Å². The van der Waals surface area contributed by atoms with Crippen molar-refractivity contribution in [3.8, 4) is 0 Å². The Hall–Kier alpha value is -1.14. The fourth-order valence-electron chi connectivity index (χ4n) is 2.56. The Bertz CT molecular complexity index is 667. The van der Waals surface area contributed by atoms with Gasteiger partial charge in [0, 0.05) is 9.75 Å². The second-order valence-corrected chi connectivity index (χ2v) is 6.99. The first kappa shape index (κ1) is 13.8. The van der Waals surface area contributed by atoms with Crippen LogP contribution in [-0.4, -0.2) is 20.8 Å². The van der Waals surface area contributed by atoms with Crippen LogP contribution in [0.2, 0.25) is 0 Å². The van der Waals surface area contributed by atoms with Gasteiger partial charge >= 0.3 is 5.69 Å². The van der Waals surface area contributed by atoms with E-state index in [0.717, 1.165) is 5.82 Å². The van der Waals surface area contributed by atoms with Crippen LogP contribution in [0.3, 0.4) is 0 Å². The molecule has 0 unspecified atom stereocenters. The minimum Gasteiger partial charge on any atom is -0.275 e. The van der Waals surface area contributed by atoms with Crippen LogP contribution in [0.15, 0.2) is 16.0 Å². The highest BCUT2D eigenvalue weighted by Crippen LogP contribution is 2.30. The molecule has 0 saturated carbocycles. The van der Waals surface area contributed by atoms with E-state index in [4.69, 9.17) is 0 Å². The summed E-state index contributed by atoms with van der Waals surface area (Å²) in [5.41, 5.74) is 1.27. The van der Waals surface area contributed by atoms with Gasteiger partial charge in [-0.15, -0.1) is 11.3 Å². The number of aryl methyl sites for hydroxylation is 3. The molecule has 0 radical (unpaired) electrons. The second-order valence-electron chi connectivity index (χ2n) is 4.99. The topological polar surface area (TPSA) is 47.8 Å². The quantitative estimate of drug-likeness (QED) is 0.818. The molecule has 0 N–H and O–H groups in total. The summed E-state index contributed by atoms with van der Waals surface area (Å²) in [6, 6.07) is 2.26. The molecule has 0 bridgehead atoms. The molecule has 2 aromatic rings. The monoisotopic (exact) mass is 307 g/mol. The van der Waals surface area contributed by atoms with E-state index in [-0.39, 0.29) is 5.69 Å². The number of thiophene rings is 1. The van der Waals surface area contributed by atoms with Crippen molar-refractivity contribution in [3.63, 3.8) is 0 Å². The lowest BCUT2D eigenvalue weighted by Crippen LogP contribution is -2.27. The predicted molar refractivity (Wildman–Crippen MR) is 82.9 cm³/mol. The van der Waals surface area contributed by atoms with Crippen molar-refractivity contribution >= 4 is 23.1 Å². The van der Waals surface area contributed by atoms with Crippen LogP contribution in [-0.2, 0) is 19.4 Å². The van der Waals surface area contributed by atoms with E-state index in [9.17, 15) is 4.79 Å². The van der Waals surface area contributed by atoms with E-state index in [2.05, 4.69) is 16.0 Å². The molecule has 1 aliphatic carbocycles. The normalized spacial score (nSPS) is 14.3. The van der Waals surface area contributed by atoms with Crippen LogP contribution < -0.4 is 5.69 Å².